The molecule has 0 aromatic rings. The number of rotatable bonds is 36. The van der Waals surface area contributed by atoms with Crippen molar-refractivity contribution in [2.45, 2.75) is 187 Å². The van der Waals surface area contributed by atoms with Gasteiger partial charge in [-0.2, -0.15) is 0 Å². The van der Waals surface area contributed by atoms with Crippen molar-refractivity contribution in [2.75, 3.05) is 47.5 Å². The van der Waals surface area contributed by atoms with Gasteiger partial charge in [0.1, 0.15) is 19.8 Å². The van der Waals surface area contributed by atoms with Crippen LogP contribution in [-0.2, 0) is 32.7 Å². The number of nitrogens with zero attached hydrogens (tertiary/aromatic N) is 1. The van der Waals surface area contributed by atoms with Crippen LogP contribution >= 0.6 is 7.82 Å². The highest BCUT2D eigenvalue weighted by molar-refractivity contribution is 7.47. The number of hydrogen-bond acceptors (Lipinski definition) is 7. The maximum Gasteiger partial charge on any atom is 0.472 e. The second kappa shape index (κ2) is 32.0. The zero-order valence-corrected chi connectivity index (χ0v) is 32.9. The number of phosphoric ester groups is 1. The molecule has 0 aliphatic heterocycles. The second-order valence-corrected chi connectivity index (χ2v) is 16.1. The number of likely N-dealkylation sites (N-methyl/N-ethyl adjacent to an activating group) is 1. The summed E-state index contributed by atoms with van der Waals surface area (Å²) in [6.45, 7) is 4.06. The van der Waals surface area contributed by atoms with Crippen molar-refractivity contribution >= 4 is 19.8 Å². The Labute approximate surface area is 295 Å². The molecule has 0 aliphatic rings. The van der Waals surface area contributed by atoms with Crippen LogP contribution < -0.4 is 0 Å². The van der Waals surface area contributed by atoms with E-state index in [0.717, 1.165) is 12.8 Å². The summed E-state index contributed by atoms with van der Waals surface area (Å²) in [5, 5.41) is 0. The van der Waals surface area contributed by atoms with Crippen LogP contribution in [0.3, 0.4) is 0 Å². The molecule has 0 radical (unpaired) electrons. The quantitative estimate of drug-likeness (QED) is 0.0297. The number of esters is 2. The van der Waals surface area contributed by atoms with Crippen molar-refractivity contribution in [3.8, 4) is 0 Å². The molecule has 10 heteroatoms. The van der Waals surface area contributed by atoms with Crippen molar-refractivity contribution in [1.82, 2.24) is 0 Å². The number of ether oxygens (including phenoxy) is 2. The number of carbonyl (C=O) groups excluding carboxylic acids is 2. The largest absolute Gasteiger partial charge is 0.472 e. The molecule has 0 aliphatic carbocycles. The average Bonchev–Trinajstić information content (AvgIpc) is 3.02. The molecule has 2 unspecified atom stereocenters. The third kappa shape index (κ3) is 34.9. The third-order valence-corrected chi connectivity index (χ3v) is 9.59. The predicted molar refractivity (Wildman–Crippen MR) is 197 cm³/mol. The fourth-order valence-electron chi connectivity index (χ4n) is 5.52. The minimum Gasteiger partial charge on any atom is -0.462 e. The lowest BCUT2D eigenvalue weighted by molar-refractivity contribution is -0.870. The van der Waals surface area contributed by atoms with Crippen molar-refractivity contribution < 1.29 is 42.1 Å². The Morgan fingerprint density at radius 1 is 0.562 bits per heavy atom. The molecule has 0 bridgehead atoms. The maximum atomic E-state index is 12.5. The first kappa shape index (κ1) is 47.0. The highest BCUT2D eigenvalue weighted by atomic mass is 31.2. The van der Waals surface area contributed by atoms with E-state index >= 15 is 0 Å². The van der Waals surface area contributed by atoms with Crippen LogP contribution in [0.4, 0.5) is 0 Å². The molecule has 0 aromatic heterocycles. The number of unbranched alkanes of at least 4 members (excludes halogenated alkanes) is 22. The summed E-state index contributed by atoms with van der Waals surface area (Å²) in [6, 6.07) is 0. The zero-order valence-electron chi connectivity index (χ0n) is 32.0. The molecule has 0 spiro atoms. The number of phosphoric acid groups is 1. The summed E-state index contributed by atoms with van der Waals surface area (Å²) in [4.78, 5) is 34.3. The van der Waals surface area contributed by atoms with E-state index in [1.54, 1.807) is 0 Å². The van der Waals surface area contributed by atoms with Gasteiger partial charge in [0.25, 0.3) is 0 Å². The van der Waals surface area contributed by atoms with E-state index in [2.05, 4.69) is 6.92 Å². The van der Waals surface area contributed by atoms with Gasteiger partial charge in [0, 0.05) is 12.8 Å². The Hall–Kier alpha value is -0.990. The normalized spacial score (nSPS) is 13.7. The average molecular weight is 707 g/mol. The van der Waals surface area contributed by atoms with Crippen LogP contribution in [0, 0.1) is 0 Å². The fourth-order valence-corrected chi connectivity index (χ4v) is 6.26. The first-order valence-electron chi connectivity index (χ1n) is 19.8. The van der Waals surface area contributed by atoms with Gasteiger partial charge >= 0.3 is 19.8 Å². The van der Waals surface area contributed by atoms with Crippen LogP contribution in [0.15, 0.2) is 0 Å². The van der Waals surface area contributed by atoms with Crippen molar-refractivity contribution in [2.24, 2.45) is 0 Å². The van der Waals surface area contributed by atoms with Crippen LogP contribution in [0.25, 0.3) is 0 Å². The lowest BCUT2D eigenvalue weighted by Gasteiger charge is -2.24. The molecule has 2 atom stereocenters. The summed E-state index contributed by atoms with van der Waals surface area (Å²) in [7, 11) is 1.48. The van der Waals surface area contributed by atoms with E-state index < -0.39 is 32.5 Å². The molecule has 9 nitrogen and oxygen atoms in total. The van der Waals surface area contributed by atoms with Gasteiger partial charge in [-0.3, -0.25) is 18.6 Å². The summed E-state index contributed by atoms with van der Waals surface area (Å²) in [5.41, 5.74) is 0. The van der Waals surface area contributed by atoms with E-state index in [-0.39, 0.29) is 26.1 Å². The van der Waals surface area contributed by atoms with Gasteiger partial charge in [0.15, 0.2) is 6.10 Å². The molecule has 286 valence electrons. The standard InChI is InChI=1S/C38H76NO8P/c1-6-8-9-10-11-12-13-14-15-16-17-18-19-20-21-22-23-24-25-26-27-28-29-31-38(41)47-36(34-44-37(40)30-7-2)35-46-48(42,43)45-33-32-39(3,4)5/h36H,6-35H2,1-5H3/p+1. The van der Waals surface area contributed by atoms with Gasteiger partial charge in [-0.05, 0) is 12.8 Å². The lowest BCUT2D eigenvalue weighted by atomic mass is 10.0. The topological polar surface area (TPSA) is 108 Å². The van der Waals surface area contributed by atoms with Crippen LogP contribution in [0.5, 0.6) is 0 Å². The fraction of sp³-hybridized carbons (Fsp3) is 0.947. The van der Waals surface area contributed by atoms with E-state index in [0.29, 0.717) is 23.9 Å². The van der Waals surface area contributed by atoms with Gasteiger partial charge in [0.2, 0.25) is 0 Å². The summed E-state index contributed by atoms with van der Waals surface area (Å²) >= 11 is 0. The van der Waals surface area contributed by atoms with Gasteiger partial charge in [0.05, 0.1) is 27.7 Å². The van der Waals surface area contributed by atoms with E-state index in [1.807, 2.05) is 28.1 Å². The highest BCUT2D eigenvalue weighted by Gasteiger charge is 2.27. The van der Waals surface area contributed by atoms with E-state index in [1.165, 1.54) is 128 Å². The zero-order chi connectivity index (χ0) is 35.8. The molecule has 0 heterocycles. The predicted octanol–water partition coefficient (Wildman–Crippen LogP) is 10.5. The monoisotopic (exact) mass is 707 g/mol. The minimum atomic E-state index is -4.34. The molecule has 0 amide bonds. The Morgan fingerprint density at radius 3 is 1.38 bits per heavy atom. The molecular weight excluding hydrogens is 629 g/mol. The molecule has 48 heavy (non-hydrogen) atoms. The van der Waals surface area contributed by atoms with Crippen LogP contribution in [0.2, 0.25) is 0 Å². The summed E-state index contributed by atoms with van der Waals surface area (Å²) in [6.07, 6.45) is 30.4. The lowest BCUT2D eigenvalue weighted by Crippen LogP contribution is -2.37. The van der Waals surface area contributed by atoms with Crippen molar-refractivity contribution in [1.29, 1.82) is 0 Å². The van der Waals surface area contributed by atoms with Crippen LogP contribution in [0.1, 0.15) is 181 Å². The first-order chi connectivity index (χ1) is 23.0. The highest BCUT2D eigenvalue weighted by Crippen LogP contribution is 2.43. The molecule has 0 saturated carbocycles. The Morgan fingerprint density at radius 2 is 0.979 bits per heavy atom. The van der Waals surface area contributed by atoms with Gasteiger partial charge in [-0.25, -0.2) is 4.57 Å². The Balaban J connectivity index is 3.85. The van der Waals surface area contributed by atoms with Gasteiger partial charge in [-0.1, -0.05) is 155 Å². The summed E-state index contributed by atoms with van der Waals surface area (Å²) < 4.78 is 33.6. The van der Waals surface area contributed by atoms with Gasteiger partial charge in [-0.15, -0.1) is 0 Å². The Kier molecular flexibility index (Phi) is 31.3. The minimum absolute atomic E-state index is 0.0345. The molecule has 0 rings (SSSR count). The number of hydrogen-bond donors (Lipinski definition) is 1. The Bertz CT molecular complexity index is 804. The first-order valence-corrected chi connectivity index (χ1v) is 21.3. The number of carbonyl (C=O) groups is 2. The smallest absolute Gasteiger partial charge is 0.462 e. The van der Waals surface area contributed by atoms with E-state index in [9.17, 15) is 19.0 Å². The van der Waals surface area contributed by atoms with Gasteiger partial charge < -0.3 is 18.9 Å². The maximum absolute atomic E-state index is 12.5. The molecule has 0 fully saturated rings. The van der Waals surface area contributed by atoms with Crippen molar-refractivity contribution in [3.05, 3.63) is 0 Å². The summed E-state index contributed by atoms with van der Waals surface area (Å²) in [5.74, 6) is -0.850. The van der Waals surface area contributed by atoms with E-state index in [4.69, 9.17) is 18.5 Å². The molecule has 0 aromatic carbocycles. The molecular formula is C38H77NO8P+. The van der Waals surface area contributed by atoms with Crippen molar-refractivity contribution in [3.63, 3.8) is 0 Å². The third-order valence-electron chi connectivity index (χ3n) is 8.61. The number of quaternary nitrogens is 1. The SMILES string of the molecule is CCCCCCCCCCCCCCCCCCCCCCCCCC(=O)OC(COC(=O)CCC)COP(=O)(O)OCC[N+](C)(C)C. The molecule has 0 saturated heterocycles. The van der Waals surface area contributed by atoms with Crippen LogP contribution in [-0.4, -0.2) is 74.9 Å². The second-order valence-electron chi connectivity index (χ2n) is 14.7. The molecule has 1 N–H and O–H groups in total.